The van der Waals surface area contributed by atoms with Crippen molar-refractivity contribution in [2.75, 3.05) is 27.2 Å². The Kier molecular flexibility index (Phi) is 10.7. The highest BCUT2D eigenvalue weighted by Crippen LogP contribution is 2.25. The average Bonchev–Trinajstić information content (AvgIpc) is 2.53. The van der Waals surface area contributed by atoms with Gasteiger partial charge in [-0.3, -0.25) is 4.79 Å². The Morgan fingerprint density at radius 1 is 1.17 bits per heavy atom. The normalized spacial score (nSPS) is 9.48. The van der Waals surface area contributed by atoms with Crippen molar-refractivity contribution in [2.45, 2.75) is 9.92 Å². The highest BCUT2D eigenvalue weighted by molar-refractivity contribution is 7.99. The SMILES string of the molecule is CNCCN(C)C(=O)c1ccc(Sc2ccccn2)cc1.Cl.Cl. The summed E-state index contributed by atoms with van der Waals surface area (Å²) in [5.74, 6) is 0.0413. The molecule has 126 valence electrons. The maximum atomic E-state index is 12.2. The molecule has 1 aromatic heterocycles. The summed E-state index contributed by atoms with van der Waals surface area (Å²) in [7, 11) is 3.69. The van der Waals surface area contributed by atoms with E-state index in [0.29, 0.717) is 12.1 Å². The van der Waals surface area contributed by atoms with Crippen LogP contribution in [0.3, 0.4) is 0 Å². The zero-order valence-electron chi connectivity index (χ0n) is 13.1. The lowest BCUT2D eigenvalue weighted by Crippen LogP contribution is -2.32. The number of carbonyl (C=O) groups excluding carboxylic acids is 1. The number of benzene rings is 1. The summed E-state index contributed by atoms with van der Waals surface area (Å²) in [6.45, 7) is 1.48. The Morgan fingerprint density at radius 2 is 1.87 bits per heavy atom. The fourth-order valence-corrected chi connectivity index (χ4v) is 2.57. The van der Waals surface area contributed by atoms with Crippen molar-refractivity contribution in [2.24, 2.45) is 0 Å². The Morgan fingerprint density at radius 3 is 2.43 bits per heavy atom. The lowest BCUT2D eigenvalue weighted by molar-refractivity contribution is 0.0797. The predicted molar refractivity (Wildman–Crippen MR) is 100 cm³/mol. The molecule has 4 nitrogen and oxygen atoms in total. The van der Waals surface area contributed by atoms with E-state index in [1.165, 1.54) is 0 Å². The summed E-state index contributed by atoms with van der Waals surface area (Å²) in [5, 5.41) is 3.98. The number of hydrogen-bond donors (Lipinski definition) is 1. The summed E-state index contributed by atoms with van der Waals surface area (Å²) in [4.78, 5) is 19.3. The van der Waals surface area contributed by atoms with Crippen LogP contribution in [-0.4, -0.2) is 43.0 Å². The lowest BCUT2D eigenvalue weighted by atomic mass is 10.2. The molecule has 0 saturated heterocycles. The van der Waals surface area contributed by atoms with E-state index in [1.807, 2.05) is 56.6 Å². The fourth-order valence-electron chi connectivity index (χ4n) is 1.80. The summed E-state index contributed by atoms with van der Waals surface area (Å²) in [5.41, 5.74) is 0.707. The van der Waals surface area contributed by atoms with Crippen molar-refractivity contribution < 1.29 is 4.79 Å². The second-order valence-corrected chi connectivity index (χ2v) is 5.72. The molecule has 1 aromatic carbocycles. The van der Waals surface area contributed by atoms with E-state index in [1.54, 1.807) is 22.9 Å². The summed E-state index contributed by atoms with van der Waals surface area (Å²) in [6.07, 6.45) is 1.77. The third kappa shape index (κ3) is 6.79. The molecule has 0 atom stereocenters. The van der Waals surface area contributed by atoms with E-state index in [-0.39, 0.29) is 30.7 Å². The van der Waals surface area contributed by atoms with Crippen molar-refractivity contribution in [1.29, 1.82) is 0 Å². The maximum Gasteiger partial charge on any atom is 0.253 e. The quantitative estimate of drug-likeness (QED) is 0.842. The van der Waals surface area contributed by atoms with Gasteiger partial charge in [0.2, 0.25) is 0 Å². The van der Waals surface area contributed by atoms with Crippen molar-refractivity contribution >= 4 is 42.5 Å². The van der Waals surface area contributed by atoms with Crippen molar-refractivity contribution in [3.8, 4) is 0 Å². The number of nitrogens with zero attached hydrogens (tertiary/aromatic N) is 2. The van der Waals surface area contributed by atoms with Crippen LogP contribution in [0.15, 0.2) is 58.6 Å². The van der Waals surface area contributed by atoms with Gasteiger partial charge in [0.1, 0.15) is 5.03 Å². The molecule has 1 amide bonds. The van der Waals surface area contributed by atoms with E-state index in [2.05, 4.69) is 10.3 Å². The number of likely N-dealkylation sites (N-methyl/N-ethyl adjacent to an activating group) is 2. The van der Waals surface area contributed by atoms with Crippen molar-refractivity contribution in [3.05, 3.63) is 54.2 Å². The number of nitrogens with one attached hydrogen (secondary N) is 1. The average molecular weight is 374 g/mol. The number of aromatic nitrogens is 1. The molecule has 0 aliphatic carbocycles. The zero-order valence-corrected chi connectivity index (χ0v) is 15.5. The Bertz CT molecular complexity index is 582. The van der Waals surface area contributed by atoms with E-state index < -0.39 is 0 Å². The third-order valence-corrected chi connectivity index (χ3v) is 3.96. The summed E-state index contributed by atoms with van der Waals surface area (Å²) < 4.78 is 0. The molecule has 7 heteroatoms. The smallest absolute Gasteiger partial charge is 0.253 e. The van der Waals surface area contributed by atoms with Gasteiger partial charge in [-0.2, -0.15) is 0 Å². The number of amides is 1. The van der Waals surface area contributed by atoms with Crippen LogP contribution in [0.2, 0.25) is 0 Å². The van der Waals surface area contributed by atoms with Gasteiger partial charge in [0.15, 0.2) is 0 Å². The molecular formula is C16H21Cl2N3OS. The van der Waals surface area contributed by atoms with Crippen LogP contribution in [0.4, 0.5) is 0 Å². The van der Waals surface area contributed by atoms with Gasteiger partial charge in [0.25, 0.3) is 5.91 Å². The molecule has 0 radical (unpaired) electrons. The standard InChI is InChI=1S/C16H19N3OS.2ClH/c1-17-11-12-19(2)16(20)13-6-8-14(9-7-13)21-15-5-3-4-10-18-15;;/h3-10,17H,11-12H2,1-2H3;2*1H. The number of pyridine rings is 1. The molecule has 0 aliphatic heterocycles. The first kappa shape index (κ1) is 21.7. The van der Waals surface area contributed by atoms with Crippen LogP contribution in [0.1, 0.15) is 10.4 Å². The molecule has 1 N–H and O–H groups in total. The third-order valence-electron chi connectivity index (χ3n) is 3.01. The molecule has 0 saturated carbocycles. The molecule has 0 bridgehead atoms. The topological polar surface area (TPSA) is 45.2 Å². The Balaban J connectivity index is 0.00000242. The highest BCUT2D eigenvalue weighted by Gasteiger charge is 2.10. The van der Waals surface area contributed by atoms with Crippen LogP contribution < -0.4 is 5.32 Å². The molecule has 2 aromatic rings. The summed E-state index contributed by atoms with van der Waals surface area (Å²) >= 11 is 1.58. The molecule has 1 heterocycles. The van der Waals surface area contributed by atoms with Gasteiger partial charge in [-0.25, -0.2) is 4.98 Å². The van der Waals surface area contributed by atoms with Crippen molar-refractivity contribution in [3.63, 3.8) is 0 Å². The molecule has 23 heavy (non-hydrogen) atoms. The predicted octanol–water partition coefficient (Wildman–Crippen LogP) is 3.37. The molecule has 0 unspecified atom stereocenters. The van der Waals surface area contributed by atoms with Gasteiger partial charge < -0.3 is 10.2 Å². The van der Waals surface area contributed by atoms with Gasteiger partial charge in [-0.1, -0.05) is 17.8 Å². The first-order chi connectivity index (χ1) is 10.2. The number of hydrogen-bond acceptors (Lipinski definition) is 4. The Hall–Kier alpha value is -1.27. The summed E-state index contributed by atoms with van der Waals surface area (Å²) in [6, 6.07) is 13.5. The first-order valence-electron chi connectivity index (χ1n) is 6.79. The molecule has 0 aliphatic rings. The Labute approximate surface area is 153 Å². The lowest BCUT2D eigenvalue weighted by Gasteiger charge is -2.17. The minimum atomic E-state index is 0. The minimum absolute atomic E-state index is 0. The first-order valence-corrected chi connectivity index (χ1v) is 7.61. The van der Waals surface area contributed by atoms with Gasteiger partial charge in [0.05, 0.1) is 0 Å². The highest BCUT2D eigenvalue weighted by atomic mass is 35.5. The minimum Gasteiger partial charge on any atom is -0.340 e. The van der Waals surface area contributed by atoms with Gasteiger partial charge in [0, 0.05) is 36.8 Å². The van der Waals surface area contributed by atoms with Crippen molar-refractivity contribution in [1.82, 2.24) is 15.2 Å². The second-order valence-electron chi connectivity index (χ2n) is 4.62. The van der Waals surface area contributed by atoms with E-state index in [4.69, 9.17) is 0 Å². The van der Waals surface area contributed by atoms with Gasteiger partial charge in [-0.05, 0) is 43.4 Å². The van der Waals surface area contributed by atoms with Crippen LogP contribution in [0.25, 0.3) is 0 Å². The van der Waals surface area contributed by atoms with Crippen LogP contribution >= 0.6 is 36.6 Å². The van der Waals surface area contributed by atoms with E-state index in [9.17, 15) is 4.79 Å². The van der Waals surface area contributed by atoms with Crippen LogP contribution in [0.5, 0.6) is 0 Å². The van der Waals surface area contributed by atoms with E-state index >= 15 is 0 Å². The molecule has 0 fully saturated rings. The maximum absolute atomic E-state index is 12.2. The molecule has 0 spiro atoms. The van der Waals surface area contributed by atoms with Crippen LogP contribution in [-0.2, 0) is 0 Å². The van der Waals surface area contributed by atoms with Gasteiger partial charge in [-0.15, -0.1) is 24.8 Å². The monoisotopic (exact) mass is 373 g/mol. The van der Waals surface area contributed by atoms with Gasteiger partial charge >= 0.3 is 0 Å². The van der Waals surface area contributed by atoms with E-state index in [0.717, 1.165) is 16.5 Å². The second kappa shape index (κ2) is 11.3. The molecular weight excluding hydrogens is 353 g/mol. The zero-order chi connectivity index (χ0) is 15.1. The number of carbonyl (C=O) groups is 1. The number of rotatable bonds is 6. The number of halogens is 2. The largest absolute Gasteiger partial charge is 0.340 e. The fraction of sp³-hybridized carbons (Fsp3) is 0.250. The molecule has 2 rings (SSSR count). The van der Waals surface area contributed by atoms with Crippen LogP contribution in [0, 0.1) is 0 Å².